The number of hydrogen-bond donors (Lipinski definition) is 1. The van der Waals surface area contributed by atoms with Crippen molar-refractivity contribution in [2.75, 3.05) is 32.7 Å². The Morgan fingerprint density at radius 2 is 2.24 bits per heavy atom. The minimum absolute atomic E-state index is 0.00996. The average Bonchev–Trinajstić information content (AvgIpc) is 2.76. The maximum atomic E-state index is 12.1. The van der Waals surface area contributed by atoms with Crippen molar-refractivity contribution >= 4 is 5.91 Å². The molecule has 0 unspecified atom stereocenters. The summed E-state index contributed by atoms with van der Waals surface area (Å²) in [6.07, 6.45) is 1.93. The van der Waals surface area contributed by atoms with Crippen molar-refractivity contribution in [1.82, 2.24) is 4.90 Å². The Kier molecular flexibility index (Phi) is 3.64. The number of aryl methyl sites for hydroxylation is 1. The van der Waals surface area contributed by atoms with Crippen molar-refractivity contribution in [3.8, 4) is 0 Å². The summed E-state index contributed by atoms with van der Waals surface area (Å²) >= 11 is 0. The molecule has 1 aromatic rings. The summed E-state index contributed by atoms with van der Waals surface area (Å²) in [5.74, 6) is 1.25. The number of amides is 1. The van der Waals surface area contributed by atoms with Gasteiger partial charge in [-0.05, 0) is 25.1 Å². The minimum atomic E-state index is 0.00996. The number of carbonyl (C=O) groups is 1. The Balaban J connectivity index is 1.92. The predicted molar refractivity (Wildman–Crippen MR) is 65.1 cm³/mol. The van der Waals surface area contributed by atoms with Gasteiger partial charge >= 0.3 is 0 Å². The lowest BCUT2D eigenvalue weighted by atomic mass is 10.3. The molecular formula is C13H19N2O2+. The Morgan fingerprint density at radius 1 is 1.53 bits per heavy atom. The van der Waals surface area contributed by atoms with Gasteiger partial charge in [0, 0.05) is 0 Å². The molecule has 0 saturated carbocycles. The molecule has 4 heteroatoms. The molecule has 0 aliphatic carbocycles. The van der Waals surface area contributed by atoms with Crippen molar-refractivity contribution in [3.05, 3.63) is 36.3 Å². The SMILES string of the molecule is C=CC[NH+]1CCN(C(=O)c2ccc(C)o2)CC1. The van der Waals surface area contributed by atoms with Gasteiger partial charge < -0.3 is 14.2 Å². The smallest absolute Gasteiger partial charge is 0.289 e. The topological polar surface area (TPSA) is 37.9 Å². The van der Waals surface area contributed by atoms with Crippen LogP contribution in [0.3, 0.4) is 0 Å². The van der Waals surface area contributed by atoms with Crippen LogP contribution in [-0.4, -0.2) is 43.5 Å². The summed E-state index contributed by atoms with van der Waals surface area (Å²) in [7, 11) is 0. The van der Waals surface area contributed by atoms with Gasteiger partial charge in [0.25, 0.3) is 5.91 Å². The van der Waals surface area contributed by atoms with E-state index in [2.05, 4.69) is 6.58 Å². The predicted octanol–water partition coefficient (Wildman–Crippen LogP) is 0.115. The molecule has 2 heterocycles. The molecule has 1 aliphatic rings. The van der Waals surface area contributed by atoms with E-state index in [1.54, 1.807) is 6.07 Å². The third-order valence-electron chi connectivity index (χ3n) is 3.14. The molecule has 0 spiro atoms. The highest BCUT2D eigenvalue weighted by atomic mass is 16.3. The summed E-state index contributed by atoms with van der Waals surface area (Å²) in [6.45, 7) is 10.1. The van der Waals surface area contributed by atoms with Crippen LogP contribution < -0.4 is 4.90 Å². The second-order valence-corrected chi connectivity index (χ2v) is 4.45. The van der Waals surface area contributed by atoms with E-state index in [9.17, 15) is 4.79 Å². The summed E-state index contributed by atoms with van der Waals surface area (Å²) in [5, 5.41) is 0. The van der Waals surface area contributed by atoms with E-state index in [1.807, 2.05) is 24.0 Å². The fourth-order valence-electron chi connectivity index (χ4n) is 2.14. The maximum absolute atomic E-state index is 12.1. The average molecular weight is 235 g/mol. The standard InChI is InChI=1S/C13H18N2O2/c1-3-6-14-7-9-15(10-8-14)13(16)12-5-4-11(2)17-12/h3-5H,1,6-10H2,2H3/p+1. The molecule has 0 radical (unpaired) electrons. The molecule has 1 amide bonds. The van der Waals surface area contributed by atoms with E-state index >= 15 is 0 Å². The Hall–Kier alpha value is -1.55. The maximum Gasteiger partial charge on any atom is 0.289 e. The van der Waals surface area contributed by atoms with Gasteiger partial charge in [0.15, 0.2) is 5.76 Å². The van der Waals surface area contributed by atoms with Crippen molar-refractivity contribution in [2.45, 2.75) is 6.92 Å². The molecule has 92 valence electrons. The van der Waals surface area contributed by atoms with Crippen molar-refractivity contribution < 1.29 is 14.1 Å². The van der Waals surface area contributed by atoms with Crippen LogP contribution >= 0.6 is 0 Å². The third kappa shape index (κ3) is 2.77. The first-order chi connectivity index (χ1) is 8.20. The number of piperazine rings is 1. The van der Waals surface area contributed by atoms with Crippen LogP contribution in [0.5, 0.6) is 0 Å². The molecule has 2 rings (SSSR count). The fourth-order valence-corrected chi connectivity index (χ4v) is 2.14. The molecule has 0 bridgehead atoms. The quantitative estimate of drug-likeness (QED) is 0.755. The van der Waals surface area contributed by atoms with Crippen LogP contribution in [0.4, 0.5) is 0 Å². The van der Waals surface area contributed by atoms with Gasteiger partial charge in [0.1, 0.15) is 5.76 Å². The van der Waals surface area contributed by atoms with Crippen LogP contribution in [0.15, 0.2) is 29.2 Å². The van der Waals surface area contributed by atoms with E-state index in [-0.39, 0.29) is 5.91 Å². The molecule has 1 N–H and O–H groups in total. The van der Waals surface area contributed by atoms with Crippen LogP contribution in [0.1, 0.15) is 16.3 Å². The molecule has 1 saturated heterocycles. The number of quaternary nitrogens is 1. The number of hydrogen-bond acceptors (Lipinski definition) is 2. The molecule has 0 aromatic carbocycles. The van der Waals surface area contributed by atoms with Gasteiger partial charge in [-0.1, -0.05) is 6.58 Å². The normalized spacial score (nSPS) is 17.1. The number of nitrogens with one attached hydrogen (secondary N) is 1. The highest BCUT2D eigenvalue weighted by Crippen LogP contribution is 2.09. The fraction of sp³-hybridized carbons (Fsp3) is 0.462. The van der Waals surface area contributed by atoms with E-state index in [4.69, 9.17) is 4.42 Å². The van der Waals surface area contributed by atoms with Gasteiger partial charge in [0.2, 0.25) is 0 Å². The van der Waals surface area contributed by atoms with Gasteiger partial charge in [0.05, 0.1) is 32.7 Å². The van der Waals surface area contributed by atoms with Crippen LogP contribution in [-0.2, 0) is 0 Å². The molecular weight excluding hydrogens is 216 g/mol. The zero-order valence-corrected chi connectivity index (χ0v) is 10.2. The summed E-state index contributed by atoms with van der Waals surface area (Å²) in [5.41, 5.74) is 0. The zero-order valence-electron chi connectivity index (χ0n) is 10.2. The summed E-state index contributed by atoms with van der Waals surface area (Å²) in [6, 6.07) is 3.58. The van der Waals surface area contributed by atoms with Crippen molar-refractivity contribution in [1.29, 1.82) is 0 Å². The first-order valence-electron chi connectivity index (χ1n) is 6.01. The zero-order chi connectivity index (χ0) is 12.3. The molecule has 17 heavy (non-hydrogen) atoms. The van der Waals surface area contributed by atoms with E-state index in [0.29, 0.717) is 5.76 Å². The van der Waals surface area contributed by atoms with Crippen LogP contribution in [0.25, 0.3) is 0 Å². The van der Waals surface area contributed by atoms with Crippen LogP contribution in [0, 0.1) is 6.92 Å². The second kappa shape index (κ2) is 5.19. The van der Waals surface area contributed by atoms with Gasteiger partial charge in [-0.25, -0.2) is 0 Å². The number of carbonyl (C=O) groups excluding carboxylic acids is 1. The lowest BCUT2D eigenvalue weighted by Gasteiger charge is -2.31. The molecule has 1 aliphatic heterocycles. The highest BCUT2D eigenvalue weighted by Gasteiger charge is 2.25. The largest absolute Gasteiger partial charge is 0.456 e. The summed E-state index contributed by atoms with van der Waals surface area (Å²) < 4.78 is 5.36. The lowest BCUT2D eigenvalue weighted by molar-refractivity contribution is -0.898. The molecule has 1 aromatic heterocycles. The first-order valence-corrected chi connectivity index (χ1v) is 6.01. The molecule has 0 atom stereocenters. The Labute approximate surface area is 101 Å². The molecule has 4 nitrogen and oxygen atoms in total. The van der Waals surface area contributed by atoms with Gasteiger partial charge in [-0.15, -0.1) is 0 Å². The second-order valence-electron chi connectivity index (χ2n) is 4.45. The van der Waals surface area contributed by atoms with Crippen molar-refractivity contribution in [3.63, 3.8) is 0 Å². The lowest BCUT2D eigenvalue weighted by Crippen LogP contribution is -3.14. The van der Waals surface area contributed by atoms with E-state index in [0.717, 1.165) is 38.5 Å². The number of furan rings is 1. The monoisotopic (exact) mass is 235 g/mol. The van der Waals surface area contributed by atoms with Crippen molar-refractivity contribution in [2.24, 2.45) is 0 Å². The number of rotatable bonds is 3. The third-order valence-corrected chi connectivity index (χ3v) is 3.14. The Bertz CT molecular complexity index is 403. The Morgan fingerprint density at radius 3 is 2.76 bits per heavy atom. The van der Waals surface area contributed by atoms with E-state index in [1.165, 1.54) is 4.90 Å². The first kappa shape index (κ1) is 11.9. The van der Waals surface area contributed by atoms with Gasteiger partial charge in [-0.2, -0.15) is 0 Å². The number of nitrogens with zero attached hydrogens (tertiary/aromatic N) is 1. The van der Waals surface area contributed by atoms with Crippen LogP contribution in [0.2, 0.25) is 0 Å². The van der Waals surface area contributed by atoms with Gasteiger partial charge in [-0.3, -0.25) is 4.79 Å². The molecule has 1 fully saturated rings. The van der Waals surface area contributed by atoms with E-state index < -0.39 is 0 Å². The minimum Gasteiger partial charge on any atom is -0.456 e. The summed E-state index contributed by atoms with van der Waals surface area (Å²) in [4.78, 5) is 15.4. The highest BCUT2D eigenvalue weighted by molar-refractivity contribution is 5.91.